The molecule has 0 aliphatic carbocycles. The minimum absolute atomic E-state index is 0.135. The van der Waals surface area contributed by atoms with E-state index in [9.17, 15) is 4.39 Å². The fourth-order valence-corrected chi connectivity index (χ4v) is 3.16. The predicted molar refractivity (Wildman–Crippen MR) is 88.6 cm³/mol. The van der Waals surface area contributed by atoms with E-state index >= 15 is 0 Å². The topological polar surface area (TPSA) is 72.0 Å². The van der Waals surface area contributed by atoms with Crippen molar-refractivity contribution in [3.8, 4) is 0 Å². The fourth-order valence-electron chi connectivity index (χ4n) is 3.16. The lowest BCUT2D eigenvalue weighted by atomic mass is 10.0. The number of aryl methyl sites for hydroxylation is 2. The summed E-state index contributed by atoms with van der Waals surface area (Å²) in [6.07, 6.45) is 1.93. The number of hydrogen-bond acceptors (Lipinski definition) is 5. The van der Waals surface area contributed by atoms with Gasteiger partial charge in [0.25, 0.3) is 0 Å². The molecule has 1 saturated heterocycles. The molecule has 3 N–H and O–H groups in total. The van der Waals surface area contributed by atoms with Crippen LogP contribution in [0.4, 0.5) is 15.9 Å². The normalized spacial score (nSPS) is 16.0. The largest absolute Gasteiger partial charge is 0.381 e. The molecule has 1 aliphatic rings. The Morgan fingerprint density at radius 2 is 2.04 bits per heavy atom. The zero-order valence-corrected chi connectivity index (χ0v) is 13.6. The third-order valence-electron chi connectivity index (χ3n) is 4.37. The Morgan fingerprint density at radius 1 is 1.30 bits per heavy atom. The summed E-state index contributed by atoms with van der Waals surface area (Å²) < 4.78 is 14.1. The molecule has 6 nitrogen and oxygen atoms in total. The number of nitrogens with one attached hydrogen (secondary N) is 1. The van der Waals surface area contributed by atoms with Gasteiger partial charge in [-0.25, -0.2) is 4.39 Å². The summed E-state index contributed by atoms with van der Waals surface area (Å²) in [6.45, 7) is 4.26. The fraction of sp³-hybridized carbons (Fsp3) is 0.500. The minimum Gasteiger partial charge on any atom is -0.381 e. The van der Waals surface area contributed by atoms with Crippen molar-refractivity contribution < 1.29 is 4.39 Å². The van der Waals surface area contributed by atoms with Crippen LogP contribution in [0.2, 0.25) is 0 Å². The van der Waals surface area contributed by atoms with Crippen LogP contribution in [0, 0.1) is 12.7 Å². The van der Waals surface area contributed by atoms with Gasteiger partial charge in [-0.1, -0.05) is 12.1 Å². The van der Waals surface area contributed by atoms with E-state index in [1.807, 2.05) is 13.0 Å². The Kier molecular flexibility index (Phi) is 4.47. The Hall–Kier alpha value is -2.15. The van der Waals surface area contributed by atoms with Crippen LogP contribution in [0.25, 0.3) is 0 Å². The highest BCUT2D eigenvalue weighted by Crippen LogP contribution is 2.26. The summed E-state index contributed by atoms with van der Waals surface area (Å²) in [6, 6.07) is 5.64. The standard InChI is InChI=1S/C16H23FN6/c1-11-4-3-5-13(17)15(11)23-8-6-12(7-9-23)19-10-14-16(18)21-22(2)20-14/h3-5,12,19H,6-10H2,1-2H3,(H2,18,21). The zero-order valence-electron chi connectivity index (χ0n) is 13.6. The van der Waals surface area contributed by atoms with Crippen molar-refractivity contribution in [3.63, 3.8) is 0 Å². The second-order valence-corrected chi connectivity index (χ2v) is 6.07. The van der Waals surface area contributed by atoms with Gasteiger partial charge in [-0.15, -0.1) is 5.10 Å². The lowest BCUT2D eigenvalue weighted by Crippen LogP contribution is -2.43. The second-order valence-electron chi connectivity index (χ2n) is 6.07. The number of nitrogen functional groups attached to an aromatic ring is 1. The molecule has 3 rings (SSSR count). The first kappa shape index (κ1) is 15.7. The van der Waals surface area contributed by atoms with Gasteiger partial charge in [-0.2, -0.15) is 9.90 Å². The van der Waals surface area contributed by atoms with Gasteiger partial charge < -0.3 is 16.0 Å². The Morgan fingerprint density at radius 3 is 2.65 bits per heavy atom. The smallest absolute Gasteiger partial charge is 0.170 e. The summed E-state index contributed by atoms with van der Waals surface area (Å²) in [5, 5.41) is 11.8. The van der Waals surface area contributed by atoms with Crippen LogP contribution in [0.3, 0.4) is 0 Å². The van der Waals surface area contributed by atoms with Crippen LogP contribution in [0.1, 0.15) is 24.1 Å². The highest BCUT2D eigenvalue weighted by atomic mass is 19.1. The molecule has 2 heterocycles. The number of benzene rings is 1. The zero-order chi connectivity index (χ0) is 16.4. The highest BCUT2D eigenvalue weighted by molar-refractivity contribution is 5.54. The third kappa shape index (κ3) is 3.44. The van der Waals surface area contributed by atoms with E-state index in [4.69, 9.17) is 5.73 Å². The van der Waals surface area contributed by atoms with Crippen LogP contribution in [0.5, 0.6) is 0 Å². The van der Waals surface area contributed by atoms with E-state index in [0.717, 1.165) is 42.9 Å². The van der Waals surface area contributed by atoms with Crippen molar-refractivity contribution in [2.75, 3.05) is 23.7 Å². The molecule has 1 fully saturated rings. The lowest BCUT2D eigenvalue weighted by Gasteiger charge is -2.35. The van der Waals surface area contributed by atoms with Crippen molar-refractivity contribution in [2.24, 2.45) is 7.05 Å². The number of para-hydroxylation sites is 1. The molecule has 0 radical (unpaired) electrons. The van der Waals surface area contributed by atoms with Crippen LogP contribution >= 0.6 is 0 Å². The monoisotopic (exact) mass is 318 g/mol. The van der Waals surface area contributed by atoms with Gasteiger partial charge in [-0.05, 0) is 31.4 Å². The summed E-state index contributed by atoms with van der Waals surface area (Å²) in [7, 11) is 1.76. The van der Waals surface area contributed by atoms with Crippen LogP contribution in [-0.2, 0) is 13.6 Å². The molecule has 23 heavy (non-hydrogen) atoms. The van der Waals surface area contributed by atoms with Gasteiger partial charge in [0.05, 0.1) is 5.69 Å². The van der Waals surface area contributed by atoms with Gasteiger partial charge in [0.15, 0.2) is 5.82 Å². The number of nitrogens with zero attached hydrogens (tertiary/aromatic N) is 4. The summed E-state index contributed by atoms with van der Waals surface area (Å²) in [4.78, 5) is 3.62. The van der Waals surface area contributed by atoms with E-state index in [-0.39, 0.29) is 5.82 Å². The van der Waals surface area contributed by atoms with Gasteiger partial charge in [0.1, 0.15) is 11.5 Å². The highest BCUT2D eigenvalue weighted by Gasteiger charge is 2.22. The lowest BCUT2D eigenvalue weighted by molar-refractivity contribution is 0.409. The maximum Gasteiger partial charge on any atom is 0.170 e. The van der Waals surface area contributed by atoms with Crippen LogP contribution in [0.15, 0.2) is 18.2 Å². The van der Waals surface area contributed by atoms with Gasteiger partial charge >= 0.3 is 0 Å². The molecule has 0 spiro atoms. The SMILES string of the molecule is Cc1cccc(F)c1N1CCC(NCc2nn(C)nc2N)CC1. The van der Waals surface area contributed by atoms with Gasteiger partial charge in [-0.3, -0.25) is 0 Å². The van der Waals surface area contributed by atoms with Crippen molar-refractivity contribution in [2.45, 2.75) is 32.4 Å². The van der Waals surface area contributed by atoms with Crippen molar-refractivity contribution in [3.05, 3.63) is 35.3 Å². The summed E-state index contributed by atoms with van der Waals surface area (Å²) >= 11 is 0. The first-order valence-electron chi connectivity index (χ1n) is 7.93. The number of halogens is 1. The Bertz CT molecular complexity index is 655. The summed E-state index contributed by atoms with van der Waals surface area (Å²) in [5.41, 5.74) is 8.31. The molecule has 0 unspecified atom stereocenters. The molecule has 1 aromatic heterocycles. The van der Waals surface area contributed by atoms with E-state index in [1.54, 1.807) is 13.1 Å². The van der Waals surface area contributed by atoms with E-state index in [1.165, 1.54) is 10.9 Å². The number of anilines is 2. The third-order valence-corrected chi connectivity index (χ3v) is 4.37. The molecule has 1 aromatic carbocycles. The number of hydrogen-bond donors (Lipinski definition) is 2. The molecular formula is C16H23FN6. The molecule has 0 saturated carbocycles. The van der Waals surface area contributed by atoms with E-state index in [0.29, 0.717) is 18.4 Å². The van der Waals surface area contributed by atoms with Gasteiger partial charge in [0.2, 0.25) is 0 Å². The maximum absolute atomic E-state index is 14.1. The van der Waals surface area contributed by atoms with Crippen molar-refractivity contribution in [1.29, 1.82) is 0 Å². The van der Waals surface area contributed by atoms with Gasteiger partial charge in [0, 0.05) is 32.7 Å². The quantitative estimate of drug-likeness (QED) is 0.896. The maximum atomic E-state index is 14.1. The molecular weight excluding hydrogens is 295 g/mol. The number of nitrogens with two attached hydrogens (primary N) is 1. The molecule has 0 amide bonds. The van der Waals surface area contributed by atoms with E-state index < -0.39 is 0 Å². The van der Waals surface area contributed by atoms with Crippen molar-refractivity contribution in [1.82, 2.24) is 20.3 Å². The number of rotatable bonds is 4. The van der Waals surface area contributed by atoms with Crippen molar-refractivity contribution >= 4 is 11.5 Å². The molecule has 2 aromatic rings. The number of aromatic nitrogens is 3. The average molecular weight is 318 g/mol. The molecule has 124 valence electrons. The summed E-state index contributed by atoms with van der Waals surface area (Å²) in [5.74, 6) is 0.336. The first-order valence-corrected chi connectivity index (χ1v) is 7.93. The Balaban J connectivity index is 1.55. The first-order chi connectivity index (χ1) is 11.0. The molecule has 1 aliphatic heterocycles. The second kappa shape index (κ2) is 6.54. The number of piperidine rings is 1. The van der Waals surface area contributed by atoms with E-state index in [2.05, 4.69) is 20.4 Å². The average Bonchev–Trinajstić information content (AvgIpc) is 2.84. The Labute approximate surface area is 135 Å². The predicted octanol–water partition coefficient (Wildman–Crippen LogP) is 1.60. The minimum atomic E-state index is -0.135. The molecule has 0 atom stereocenters. The molecule has 0 bridgehead atoms. The van der Waals surface area contributed by atoms with Crippen LogP contribution in [-0.4, -0.2) is 34.1 Å². The molecule has 7 heteroatoms. The van der Waals surface area contributed by atoms with Crippen LogP contribution < -0.4 is 16.0 Å².